The monoisotopic (exact) mass is 615 g/mol. The van der Waals surface area contributed by atoms with E-state index in [4.69, 9.17) is 10.8 Å². The van der Waals surface area contributed by atoms with Gasteiger partial charge in [0.15, 0.2) is 0 Å². The molecular weight excluding hydrogens is 587 g/mol. The number of benzene rings is 5. The number of hydrogen-bond acceptors (Lipinski definition) is 2. The van der Waals surface area contributed by atoms with Crippen LogP contribution in [0.4, 0.5) is 0 Å². The first-order chi connectivity index (χ1) is 23.7. The van der Waals surface area contributed by atoms with Crippen LogP contribution in [0.15, 0.2) is 120 Å². The van der Waals surface area contributed by atoms with Crippen LogP contribution in [0.2, 0.25) is 0 Å². The molecule has 0 N–H and O–H groups in total. The van der Waals surface area contributed by atoms with Crippen molar-refractivity contribution in [2.24, 2.45) is 0 Å². The summed E-state index contributed by atoms with van der Waals surface area (Å²) in [6.07, 6.45) is 15.0. The summed E-state index contributed by atoms with van der Waals surface area (Å²) in [5.41, 5.74) is 12.6. The number of nitrogens with zero attached hydrogens (tertiary/aromatic N) is 3. The standard InChI is InChI=1S/C44H29N3O/c1-3-37-36(43-40(46(37)30-13-5-4-6-14-30)24-23-35-34-17-9-12-20-42(34)48-44(35)43)25-28(2)31-22-21-29(27-45)26-41(31)47-38-18-10-7-15-32(38)33-16-8-11-19-39(33)47/h1,4-10,12-18,20-26H,11,19H2,2H3/b28-25+. The molecule has 0 atom stereocenters. The third kappa shape index (κ3) is 4.03. The summed E-state index contributed by atoms with van der Waals surface area (Å²) in [5, 5.41) is 14.3. The second-order valence-electron chi connectivity index (χ2n) is 12.3. The summed E-state index contributed by atoms with van der Waals surface area (Å²) in [7, 11) is 0. The summed E-state index contributed by atoms with van der Waals surface area (Å²) in [4.78, 5) is 0. The molecule has 3 heterocycles. The number of aromatic nitrogens is 2. The summed E-state index contributed by atoms with van der Waals surface area (Å²) in [6.45, 7) is 2.13. The van der Waals surface area contributed by atoms with Crippen LogP contribution in [0.3, 0.4) is 0 Å². The fourth-order valence-electron chi connectivity index (χ4n) is 7.57. The molecule has 0 spiro atoms. The Bertz CT molecular complexity index is 2750. The molecule has 1 aliphatic carbocycles. The molecule has 0 radical (unpaired) electrons. The van der Waals surface area contributed by atoms with Gasteiger partial charge in [0.1, 0.15) is 16.9 Å². The number of fused-ring (bicyclic) bond motifs is 8. The molecule has 9 rings (SSSR count). The normalized spacial score (nSPS) is 12.9. The van der Waals surface area contributed by atoms with Gasteiger partial charge < -0.3 is 13.6 Å². The quantitative estimate of drug-likeness (QED) is 0.185. The van der Waals surface area contributed by atoms with E-state index in [1.165, 1.54) is 16.6 Å². The molecule has 4 heteroatoms. The van der Waals surface area contributed by atoms with Crippen molar-refractivity contribution in [2.75, 3.05) is 0 Å². The van der Waals surface area contributed by atoms with Crippen LogP contribution in [0.5, 0.6) is 0 Å². The van der Waals surface area contributed by atoms with Crippen molar-refractivity contribution >= 4 is 61.5 Å². The lowest BCUT2D eigenvalue weighted by Crippen LogP contribution is -2.06. The zero-order valence-electron chi connectivity index (χ0n) is 26.4. The van der Waals surface area contributed by atoms with Crippen molar-refractivity contribution in [2.45, 2.75) is 19.8 Å². The maximum Gasteiger partial charge on any atom is 0.145 e. The predicted molar refractivity (Wildman–Crippen MR) is 197 cm³/mol. The summed E-state index contributed by atoms with van der Waals surface area (Å²) < 4.78 is 11.1. The smallest absolute Gasteiger partial charge is 0.145 e. The van der Waals surface area contributed by atoms with E-state index >= 15 is 0 Å². The third-order valence-corrected chi connectivity index (χ3v) is 9.67. The molecule has 0 fully saturated rings. The van der Waals surface area contributed by atoms with Gasteiger partial charge in [-0.2, -0.15) is 5.26 Å². The van der Waals surface area contributed by atoms with E-state index in [2.05, 4.69) is 107 Å². The lowest BCUT2D eigenvalue weighted by molar-refractivity contribution is 0.672. The average molecular weight is 616 g/mol. The lowest BCUT2D eigenvalue weighted by atomic mass is 9.98. The van der Waals surface area contributed by atoms with E-state index in [1.807, 2.05) is 48.5 Å². The molecule has 5 aromatic carbocycles. The van der Waals surface area contributed by atoms with Gasteiger partial charge in [0.05, 0.1) is 33.7 Å². The van der Waals surface area contributed by atoms with Gasteiger partial charge >= 0.3 is 0 Å². The zero-order chi connectivity index (χ0) is 32.4. The zero-order valence-corrected chi connectivity index (χ0v) is 26.4. The van der Waals surface area contributed by atoms with Crippen molar-refractivity contribution in [3.8, 4) is 29.8 Å². The Labute approximate surface area is 278 Å². The van der Waals surface area contributed by atoms with Crippen LogP contribution in [0, 0.1) is 23.7 Å². The van der Waals surface area contributed by atoms with Crippen LogP contribution in [-0.4, -0.2) is 9.13 Å². The Morgan fingerprint density at radius 3 is 2.46 bits per heavy atom. The maximum absolute atomic E-state index is 10.0. The lowest BCUT2D eigenvalue weighted by Gasteiger charge is -2.18. The first-order valence-electron chi connectivity index (χ1n) is 16.2. The fourth-order valence-corrected chi connectivity index (χ4v) is 7.57. The van der Waals surface area contributed by atoms with E-state index in [0.717, 1.165) is 85.0 Å². The highest BCUT2D eigenvalue weighted by Gasteiger charge is 2.24. The minimum Gasteiger partial charge on any atom is -0.455 e. The van der Waals surface area contributed by atoms with Crippen molar-refractivity contribution < 1.29 is 4.42 Å². The molecule has 226 valence electrons. The second kappa shape index (κ2) is 10.8. The Kier molecular flexibility index (Phi) is 6.25. The highest BCUT2D eigenvalue weighted by Crippen LogP contribution is 2.42. The highest BCUT2D eigenvalue weighted by atomic mass is 16.3. The van der Waals surface area contributed by atoms with Crippen molar-refractivity contribution in [1.82, 2.24) is 9.13 Å². The van der Waals surface area contributed by atoms with Crippen LogP contribution in [0.25, 0.3) is 72.8 Å². The molecule has 0 saturated carbocycles. The van der Waals surface area contributed by atoms with Crippen LogP contribution < -0.4 is 0 Å². The number of nitriles is 1. The highest BCUT2D eigenvalue weighted by molar-refractivity contribution is 6.18. The molecule has 0 saturated heterocycles. The van der Waals surface area contributed by atoms with E-state index in [-0.39, 0.29) is 0 Å². The van der Waals surface area contributed by atoms with E-state index in [9.17, 15) is 5.26 Å². The molecule has 8 aromatic rings. The Hall–Kier alpha value is -6.49. The first-order valence-corrected chi connectivity index (χ1v) is 16.2. The Morgan fingerprint density at radius 1 is 0.833 bits per heavy atom. The number of hydrogen-bond donors (Lipinski definition) is 0. The number of para-hydroxylation sites is 3. The minimum atomic E-state index is 0.619. The predicted octanol–water partition coefficient (Wildman–Crippen LogP) is 10.8. The number of furan rings is 1. The van der Waals surface area contributed by atoms with Crippen LogP contribution >= 0.6 is 0 Å². The van der Waals surface area contributed by atoms with E-state index < -0.39 is 0 Å². The third-order valence-electron chi connectivity index (χ3n) is 9.67. The molecular formula is C44H29N3O. The Balaban J connectivity index is 1.36. The van der Waals surface area contributed by atoms with Gasteiger partial charge in [0, 0.05) is 44.2 Å². The van der Waals surface area contributed by atoms with Crippen LogP contribution in [0.1, 0.15) is 47.0 Å². The minimum absolute atomic E-state index is 0.619. The van der Waals surface area contributed by atoms with Gasteiger partial charge in [-0.05, 0) is 79.9 Å². The van der Waals surface area contributed by atoms with Gasteiger partial charge in [-0.15, -0.1) is 6.42 Å². The first kappa shape index (κ1) is 27.8. The molecule has 0 unspecified atom stereocenters. The van der Waals surface area contributed by atoms with Crippen molar-refractivity contribution in [3.05, 3.63) is 149 Å². The average Bonchev–Trinajstić information content (AvgIpc) is 3.79. The molecule has 0 amide bonds. The molecule has 48 heavy (non-hydrogen) atoms. The van der Waals surface area contributed by atoms with Gasteiger partial charge in [-0.1, -0.05) is 78.7 Å². The summed E-state index contributed by atoms with van der Waals surface area (Å²) >= 11 is 0. The molecule has 4 nitrogen and oxygen atoms in total. The number of terminal acetylenes is 1. The SMILES string of the molecule is C#Cc1c(/C=C(\C)c2ccc(C#N)cc2-n2c3c(c4ccccc42)C=CCC3)c2c3oc4ccccc4c3ccc2n1-c1ccccc1. The number of allylic oxidation sites excluding steroid dienone is 2. The topological polar surface area (TPSA) is 46.8 Å². The molecule has 0 bridgehead atoms. The van der Waals surface area contributed by atoms with Gasteiger partial charge in [0.25, 0.3) is 0 Å². The molecule has 0 aliphatic heterocycles. The van der Waals surface area contributed by atoms with Crippen molar-refractivity contribution in [3.63, 3.8) is 0 Å². The summed E-state index contributed by atoms with van der Waals surface area (Å²) in [5.74, 6) is 3.05. The Morgan fingerprint density at radius 2 is 1.62 bits per heavy atom. The van der Waals surface area contributed by atoms with Gasteiger partial charge in [0.2, 0.25) is 0 Å². The number of rotatable bonds is 4. The van der Waals surface area contributed by atoms with Crippen LogP contribution in [-0.2, 0) is 6.42 Å². The fraction of sp³-hybridized carbons (Fsp3) is 0.0682. The van der Waals surface area contributed by atoms with E-state index in [0.29, 0.717) is 5.56 Å². The molecule has 3 aromatic heterocycles. The second-order valence-corrected chi connectivity index (χ2v) is 12.3. The van der Waals surface area contributed by atoms with E-state index in [1.54, 1.807) is 0 Å². The molecule has 1 aliphatic rings. The van der Waals surface area contributed by atoms with Gasteiger partial charge in [-0.25, -0.2) is 0 Å². The van der Waals surface area contributed by atoms with Crippen molar-refractivity contribution in [1.29, 1.82) is 5.26 Å². The summed E-state index contributed by atoms with van der Waals surface area (Å²) in [6, 6.07) is 39.6. The largest absolute Gasteiger partial charge is 0.455 e. The maximum atomic E-state index is 10.0. The van der Waals surface area contributed by atoms with Gasteiger partial charge in [-0.3, -0.25) is 0 Å².